The minimum absolute atomic E-state index is 0.305. The molecule has 0 radical (unpaired) electrons. The standard InChI is InChI=1S/C7H15BN2O/c1-8(11)10-5-2-3-7(10)6(9)4-5/h5-7,11H,2-4,9H2,1H3. The van der Waals surface area contributed by atoms with Gasteiger partial charge in [-0.25, -0.2) is 0 Å². The molecule has 3 nitrogen and oxygen atoms in total. The van der Waals surface area contributed by atoms with E-state index in [1.807, 2.05) is 6.82 Å². The lowest BCUT2D eigenvalue weighted by Gasteiger charge is -2.22. The van der Waals surface area contributed by atoms with Crippen LogP contribution >= 0.6 is 0 Å². The van der Waals surface area contributed by atoms with Crippen molar-refractivity contribution in [1.82, 2.24) is 4.81 Å². The first-order valence-electron chi connectivity index (χ1n) is 4.41. The van der Waals surface area contributed by atoms with Crippen molar-refractivity contribution in [3.8, 4) is 0 Å². The van der Waals surface area contributed by atoms with Gasteiger partial charge in [-0.2, -0.15) is 0 Å². The first-order chi connectivity index (χ1) is 5.20. The monoisotopic (exact) mass is 154 g/mol. The Morgan fingerprint density at radius 3 is 2.55 bits per heavy atom. The van der Waals surface area contributed by atoms with E-state index in [0.29, 0.717) is 18.1 Å². The highest BCUT2D eigenvalue weighted by atomic mass is 16.2. The van der Waals surface area contributed by atoms with Gasteiger partial charge in [0.2, 0.25) is 0 Å². The molecular formula is C7H15BN2O. The van der Waals surface area contributed by atoms with E-state index in [1.165, 1.54) is 12.8 Å². The Kier molecular flexibility index (Phi) is 1.70. The second-order valence-corrected chi connectivity index (χ2v) is 3.78. The average molecular weight is 154 g/mol. The van der Waals surface area contributed by atoms with Crippen molar-refractivity contribution in [1.29, 1.82) is 0 Å². The predicted molar refractivity (Wildman–Crippen MR) is 45.1 cm³/mol. The van der Waals surface area contributed by atoms with Gasteiger partial charge >= 0.3 is 7.05 Å². The number of fused-ring (bicyclic) bond motifs is 2. The minimum atomic E-state index is -0.305. The summed E-state index contributed by atoms with van der Waals surface area (Å²) < 4.78 is 0. The van der Waals surface area contributed by atoms with Crippen LogP contribution in [-0.4, -0.2) is 35.0 Å². The summed E-state index contributed by atoms with van der Waals surface area (Å²) in [6.45, 7) is 1.84. The SMILES string of the molecule is CB(O)N1C2CCC1C(N)C2. The van der Waals surface area contributed by atoms with Gasteiger partial charge in [0.1, 0.15) is 0 Å². The van der Waals surface area contributed by atoms with Gasteiger partial charge in [0.25, 0.3) is 0 Å². The van der Waals surface area contributed by atoms with Gasteiger partial charge in [0.15, 0.2) is 0 Å². The lowest BCUT2D eigenvalue weighted by molar-refractivity contribution is 0.343. The third kappa shape index (κ3) is 1.01. The van der Waals surface area contributed by atoms with Crippen LogP contribution in [0.2, 0.25) is 6.82 Å². The summed E-state index contributed by atoms with van der Waals surface area (Å²) in [6.07, 6.45) is 3.48. The number of hydrogen-bond donors (Lipinski definition) is 2. The molecule has 4 heteroatoms. The molecule has 2 rings (SSSR count). The number of nitrogens with two attached hydrogens (primary N) is 1. The summed E-state index contributed by atoms with van der Waals surface area (Å²) in [5.74, 6) is 0. The smallest absolute Gasteiger partial charge is 0.376 e. The molecule has 11 heavy (non-hydrogen) atoms. The maximum Gasteiger partial charge on any atom is 0.376 e. The van der Waals surface area contributed by atoms with Crippen LogP contribution in [0.15, 0.2) is 0 Å². The van der Waals surface area contributed by atoms with Crippen molar-refractivity contribution in [2.75, 3.05) is 0 Å². The highest BCUT2D eigenvalue weighted by molar-refractivity contribution is 6.45. The molecule has 0 aliphatic carbocycles. The van der Waals surface area contributed by atoms with Crippen LogP contribution in [-0.2, 0) is 0 Å². The molecule has 0 aromatic heterocycles. The van der Waals surface area contributed by atoms with Gasteiger partial charge < -0.3 is 15.6 Å². The van der Waals surface area contributed by atoms with Gasteiger partial charge in [-0.15, -0.1) is 0 Å². The van der Waals surface area contributed by atoms with Crippen LogP contribution in [0.5, 0.6) is 0 Å². The molecule has 3 unspecified atom stereocenters. The average Bonchev–Trinajstić information content (AvgIpc) is 2.41. The molecule has 2 bridgehead atoms. The molecule has 0 amide bonds. The van der Waals surface area contributed by atoms with Gasteiger partial charge in [0.05, 0.1) is 0 Å². The van der Waals surface area contributed by atoms with Crippen LogP contribution in [0.25, 0.3) is 0 Å². The van der Waals surface area contributed by atoms with Crippen LogP contribution in [0.3, 0.4) is 0 Å². The fourth-order valence-electron chi connectivity index (χ4n) is 2.66. The van der Waals surface area contributed by atoms with Crippen LogP contribution in [0.4, 0.5) is 0 Å². The quantitative estimate of drug-likeness (QED) is 0.508. The van der Waals surface area contributed by atoms with Gasteiger partial charge in [-0.05, 0) is 26.1 Å². The Morgan fingerprint density at radius 2 is 2.27 bits per heavy atom. The molecule has 0 spiro atoms. The number of hydrogen-bond acceptors (Lipinski definition) is 3. The molecule has 2 heterocycles. The molecule has 2 fully saturated rings. The molecule has 0 aromatic rings. The van der Waals surface area contributed by atoms with Crippen molar-refractivity contribution >= 4 is 7.05 Å². The Bertz CT molecular complexity index is 165. The maximum atomic E-state index is 9.42. The van der Waals surface area contributed by atoms with Crippen molar-refractivity contribution in [3.05, 3.63) is 0 Å². The first-order valence-corrected chi connectivity index (χ1v) is 4.41. The fraction of sp³-hybridized carbons (Fsp3) is 1.00. The zero-order valence-corrected chi connectivity index (χ0v) is 6.90. The van der Waals surface area contributed by atoms with E-state index in [0.717, 1.165) is 6.42 Å². The van der Waals surface area contributed by atoms with Crippen LogP contribution in [0, 0.1) is 0 Å². The third-order valence-electron chi connectivity index (χ3n) is 3.07. The molecular weight excluding hydrogens is 139 g/mol. The topological polar surface area (TPSA) is 49.5 Å². The van der Waals surface area contributed by atoms with E-state index >= 15 is 0 Å². The lowest BCUT2D eigenvalue weighted by atomic mass is 9.84. The fourth-order valence-corrected chi connectivity index (χ4v) is 2.66. The van der Waals surface area contributed by atoms with Gasteiger partial charge in [0, 0.05) is 18.1 Å². The minimum Gasteiger partial charge on any atom is -0.437 e. The molecule has 0 aromatic carbocycles. The Morgan fingerprint density at radius 1 is 1.55 bits per heavy atom. The predicted octanol–water partition coefficient (Wildman–Crippen LogP) is -0.339. The van der Waals surface area contributed by atoms with Crippen LogP contribution in [0.1, 0.15) is 19.3 Å². The molecule has 3 N–H and O–H groups in total. The zero-order chi connectivity index (χ0) is 8.01. The molecule has 2 aliphatic rings. The second-order valence-electron chi connectivity index (χ2n) is 3.78. The Hall–Kier alpha value is -0.0551. The molecule has 3 atom stereocenters. The van der Waals surface area contributed by atoms with E-state index in [1.54, 1.807) is 0 Å². The summed E-state index contributed by atoms with van der Waals surface area (Å²) in [5.41, 5.74) is 5.90. The van der Waals surface area contributed by atoms with Gasteiger partial charge in [-0.1, -0.05) is 0 Å². The van der Waals surface area contributed by atoms with E-state index in [4.69, 9.17) is 5.73 Å². The number of nitrogens with zero attached hydrogens (tertiary/aromatic N) is 1. The van der Waals surface area contributed by atoms with E-state index in [2.05, 4.69) is 4.81 Å². The maximum absolute atomic E-state index is 9.42. The molecule has 62 valence electrons. The summed E-state index contributed by atoms with van der Waals surface area (Å²) >= 11 is 0. The summed E-state index contributed by atoms with van der Waals surface area (Å²) in [7, 11) is -0.305. The highest BCUT2D eigenvalue weighted by Gasteiger charge is 2.46. The number of rotatable bonds is 1. The normalized spacial score (nSPS) is 43.4. The largest absolute Gasteiger partial charge is 0.437 e. The van der Waals surface area contributed by atoms with E-state index in [9.17, 15) is 5.02 Å². The van der Waals surface area contributed by atoms with E-state index < -0.39 is 0 Å². The Balaban J connectivity index is 2.13. The lowest BCUT2D eigenvalue weighted by Crippen LogP contribution is -2.44. The second kappa shape index (κ2) is 2.47. The van der Waals surface area contributed by atoms with Gasteiger partial charge in [-0.3, -0.25) is 0 Å². The molecule has 0 saturated carbocycles. The Labute approximate surface area is 67.7 Å². The zero-order valence-electron chi connectivity index (χ0n) is 6.90. The van der Waals surface area contributed by atoms with Crippen molar-refractivity contribution < 1.29 is 5.02 Å². The molecule has 2 saturated heterocycles. The highest BCUT2D eigenvalue weighted by Crippen LogP contribution is 2.36. The summed E-state index contributed by atoms with van der Waals surface area (Å²) in [4.78, 5) is 2.17. The van der Waals surface area contributed by atoms with E-state index in [-0.39, 0.29) is 7.05 Å². The van der Waals surface area contributed by atoms with Crippen molar-refractivity contribution in [2.45, 2.75) is 44.2 Å². The molecule has 2 aliphatic heterocycles. The summed E-state index contributed by atoms with van der Waals surface area (Å²) in [6, 6.07) is 1.33. The summed E-state index contributed by atoms with van der Waals surface area (Å²) in [5, 5.41) is 9.42. The third-order valence-corrected chi connectivity index (χ3v) is 3.07. The van der Waals surface area contributed by atoms with Crippen LogP contribution < -0.4 is 5.73 Å². The first kappa shape index (κ1) is 7.59. The van der Waals surface area contributed by atoms with Crippen molar-refractivity contribution in [3.63, 3.8) is 0 Å². The van der Waals surface area contributed by atoms with Crippen molar-refractivity contribution in [2.24, 2.45) is 5.73 Å².